The molecule has 40 heavy (non-hydrogen) atoms. The monoisotopic (exact) mass is 549 g/mol. The molecule has 0 bridgehead atoms. The Morgan fingerprint density at radius 3 is 2.42 bits per heavy atom. The van der Waals surface area contributed by atoms with Gasteiger partial charge in [-0.1, -0.05) is 12.1 Å². The van der Waals surface area contributed by atoms with E-state index in [1.165, 1.54) is 24.3 Å². The summed E-state index contributed by atoms with van der Waals surface area (Å²) in [5.41, 5.74) is 0.0606. The maximum absolute atomic E-state index is 13.3. The number of nitrogens with zero attached hydrogens (tertiary/aromatic N) is 2. The molecule has 0 aromatic heterocycles. The molecule has 4 rings (SSSR count). The summed E-state index contributed by atoms with van der Waals surface area (Å²) in [5.74, 6) is -1.40. The molecule has 208 valence electrons. The molecule has 0 aliphatic carbocycles. The van der Waals surface area contributed by atoms with E-state index in [0.29, 0.717) is 24.5 Å². The van der Waals surface area contributed by atoms with Gasteiger partial charge in [-0.05, 0) is 36.8 Å². The van der Waals surface area contributed by atoms with Crippen LogP contribution in [-0.4, -0.2) is 56.5 Å². The van der Waals surface area contributed by atoms with Crippen LogP contribution in [0.1, 0.15) is 24.8 Å². The minimum atomic E-state index is -1.13. The summed E-state index contributed by atoms with van der Waals surface area (Å²) in [6.07, 6.45) is 0.536. The summed E-state index contributed by atoms with van der Waals surface area (Å²) >= 11 is 0. The maximum Gasteiger partial charge on any atom is 0.337 e. The number of epoxide rings is 1. The first-order chi connectivity index (χ1) is 19.3. The predicted molar refractivity (Wildman–Crippen MR) is 139 cm³/mol. The van der Waals surface area contributed by atoms with E-state index in [4.69, 9.17) is 23.7 Å². The summed E-state index contributed by atoms with van der Waals surface area (Å²) in [5, 5.41) is 23.8. The number of nitriles is 1. The van der Waals surface area contributed by atoms with Gasteiger partial charge in [-0.25, -0.2) is 9.59 Å². The summed E-state index contributed by atoms with van der Waals surface area (Å²) in [4.78, 5) is 36.8. The summed E-state index contributed by atoms with van der Waals surface area (Å²) < 4.78 is 26.8. The lowest BCUT2D eigenvalue weighted by molar-refractivity contribution is -0.384. The molecule has 2 aromatic carbocycles. The van der Waals surface area contributed by atoms with Crippen molar-refractivity contribution in [3.05, 3.63) is 86.7 Å². The normalized spacial score (nSPS) is 17.8. The Hall–Kier alpha value is -4.89. The highest BCUT2D eigenvalue weighted by atomic mass is 16.6. The number of rotatable bonds is 12. The van der Waals surface area contributed by atoms with E-state index in [1.54, 1.807) is 31.2 Å². The van der Waals surface area contributed by atoms with Gasteiger partial charge in [-0.15, -0.1) is 0 Å². The Balaban J connectivity index is 1.42. The van der Waals surface area contributed by atoms with Gasteiger partial charge < -0.3 is 29.0 Å². The molecule has 12 nitrogen and oxygen atoms in total. The zero-order chi connectivity index (χ0) is 28.6. The Bertz CT molecular complexity index is 1390. The lowest BCUT2D eigenvalue weighted by Crippen LogP contribution is -2.33. The lowest BCUT2D eigenvalue weighted by Gasteiger charge is -2.29. The Morgan fingerprint density at radius 2 is 1.80 bits per heavy atom. The fourth-order valence-electron chi connectivity index (χ4n) is 4.14. The Kier molecular flexibility index (Phi) is 8.98. The van der Waals surface area contributed by atoms with Gasteiger partial charge in [-0.2, -0.15) is 5.26 Å². The lowest BCUT2D eigenvalue weighted by atomic mass is 9.80. The number of nitrogens with one attached hydrogen (secondary N) is 1. The van der Waals surface area contributed by atoms with Crippen LogP contribution in [0.3, 0.4) is 0 Å². The van der Waals surface area contributed by atoms with Crippen LogP contribution in [0.15, 0.2) is 71.1 Å². The van der Waals surface area contributed by atoms with Crippen LogP contribution >= 0.6 is 0 Å². The number of esters is 2. The van der Waals surface area contributed by atoms with Crippen LogP contribution in [0.25, 0.3) is 0 Å². The van der Waals surface area contributed by atoms with Gasteiger partial charge in [0.2, 0.25) is 0 Å². The van der Waals surface area contributed by atoms with Crippen molar-refractivity contribution in [3.63, 3.8) is 0 Å². The maximum atomic E-state index is 13.3. The van der Waals surface area contributed by atoms with E-state index < -0.39 is 22.8 Å². The summed E-state index contributed by atoms with van der Waals surface area (Å²) in [6, 6.07) is 14.5. The average molecular weight is 550 g/mol. The predicted octanol–water partition coefficient (Wildman–Crippen LogP) is 3.30. The topological polar surface area (TPSA) is 163 Å². The van der Waals surface area contributed by atoms with Gasteiger partial charge in [0.1, 0.15) is 36.0 Å². The van der Waals surface area contributed by atoms with Crippen molar-refractivity contribution in [1.29, 1.82) is 5.26 Å². The standard InChI is InChI=1S/C28H27N3O9/c1-17-24(28(33)38-12-4-11-37-20-7-9-21(10-8-20)39-15-22-16-40-22)25(18-5-3-6-19(13-18)31(34)35)26(27(32)36-2)23(14-29)30-17/h3,5-10,13,22,25,30H,4,11-12,15-16H2,1-2H3. The third-order valence-electron chi connectivity index (χ3n) is 6.17. The molecular formula is C28H27N3O9. The first-order valence-corrected chi connectivity index (χ1v) is 12.4. The van der Waals surface area contributed by atoms with Gasteiger partial charge in [0.25, 0.3) is 5.69 Å². The van der Waals surface area contributed by atoms with Crippen molar-refractivity contribution >= 4 is 17.6 Å². The molecule has 2 aliphatic heterocycles. The summed E-state index contributed by atoms with van der Waals surface area (Å²) in [7, 11) is 1.14. The number of non-ortho nitro benzene ring substituents is 1. The second-order valence-electron chi connectivity index (χ2n) is 8.92. The minimum absolute atomic E-state index is 0.00222. The van der Waals surface area contributed by atoms with E-state index in [0.717, 1.165) is 13.7 Å². The minimum Gasteiger partial charge on any atom is -0.493 e. The second kappa shape index (κ2) is 12.8. The number of nitro benzene ring substituents is 1. The highest BCUT2D eigenvalue weighted by molar-refractivity contribution is 6.00. The number of ether oxygens (including phenoxy) is 5. The Labute approximate surface area is 229 Å². The first-order valence-electron chi connectivity index (χ1n) is 12.4. The number of carbonyl (C=O) groups excluding carboxylic acids is 2. The second-order valence-corrected chi connectivity index (χ2v) is 8.92. The van der Waals surface area contributed by atoms with Gasteiger partial charge in [-0.3, -0.25) is 10.1 Å². The fraction of sp³-hybridized carbons (Fsp3) is 0.321. The molecule has 0 saturated carbocycles. The molecule has 0 radical (unpaired) electrons. The quantitative estimate of drug-likeness (QED) is 0.136. The number of benzene rings is 2. The molecular weight excluding hydrogens is 522 g/mol. The molecule has 1 saturated heterocycles. The molecule has 1 fully saturated rings. The van der Waals surface area contributed by atoms with Crippen molar-refractivity contribution in [1.82, 2.24) is 5.32 Å². The number of hydrogen-bond donors (Lipinski definition) is 1. The molecule has 12 heteroatoms. The zero-order valence-corrected chi connectivity index (χ0v) is 21.9. The number of allylic oxidation sites excluding steroid dienone is 2. The van der Waals surface area contributed by atoms with Gasteiger partial charge in [0.05, 0.1) is 48.9 Å². The van der Waals surface area contributed by atoms with Crippen LogP contribution in [0, 0.1) is 21.4 Å². The average Bonchev–Trinajstić information content (AvgIpc) is 3.80. The van der Waals surface area contributed by atoms with E-state index in [2.05, 4.69) is 5.32 Å². The molecule has 1 N–H and O–H groups in total. The van der Waals surface area contributed by atoms with Crippen LogP contribution in [0.2, 0.25) is 0 Å². The van der Waals surface area contributed by atoms with Crippen LogP contribution in [0.4, 0.5) is 5.69 Å². The number of hydrogen-bond acceptors (Lipinski definition) is 11. The Morgan fingerprint density at radius 1 is 1.10 bits per heavy atom. The molecule has 2 unspecified atom stereocenters. The number of nitro groups is 1. The van der Waals surface area contributed by atoms with Gasteiger partial charge in [0, 0.05) is 24.3 Å². The third-order valence-corrected chi connectivity index (χ3v) is 6.17. The van der Waals surface area contributed by atoms with Crippen molar-refractivity contribution in [2.75, 3.05) is 33.5 Å². The number of dihydropyridines is 1. The molecule has 0 amide bonds. The van der Waals surface area contributed by atoms with E-state index in [-0.39, 0.29) is 53.1 Å². The highest BCUT2D eigenvalue weighted by Crippen LogP contribution is 2.40. The molecule has 2 atom stereocenters. The van der Waals surface area contributed by atoms with Crippen molar-refractivity contribution in [2.45, 2.75) is 25.4 Å². The fourth-order valence-corrected chi connectivity index (χ4v) is 4.14. The van der Waals surface area contributed by atoms with Crippen LogP contribution in [0.5, 0.6) is 11.5 Å². The SMILES string of the molecule is COC(=O)C1=C(C#N)NC(C)=C(C(=O)OCCCOc2ccc(OCC3CO3)cc2)C1c1cccc([N+](=O)[O-])c1. The smallest absolute Gasteiger partial charge is 0.337 e. The molecule has 0 spiro atoms. The van der Waals surface area contributed by atoms with E-state index in [9.17, 15) is 25.0 Å². The third kappa shape index (κ3) is 6.75. The van der Waals surface area contributed by atoms with Gasteiger partial charge in [0.15, 0.2) is 0 Å². The van der Waals surface area contributed by atoms with Gasteiger partial charge >= 0.3 is 11.9 Å². The first kappa shape index (κ1) is 28.1. The van der Waals surface area contributed by atoms with Crippen molar-refractivity contribution < 1.29 is 38.2 Å². The van der Waals surface area contributed by atoms with Crippen LogP contribution < -0.4 is 14.8 Å². The molecule has 2 aliphatic rings. The molecule has 2 heterocycles. The van der Waals surface area contributed by atoms with E-state index >= 15 is 0 Å². The summed E-state index contributed by atoms with van der Waals surface area (Å²) in [6.45, 7) is 3.05. The van der Waals surface area contributed by atoms with E-state index in [1.807, 2.05) is 6.07 Å². The largest absolute Gasteiger partial charge is 0.493 e. The highest BCUT2D eigenvalue weighted by Gasteiger charge is 2.39. The van der Waals surface area contributed by atoms with Crippen molar-refractivity contribution in [3.8, 4) is 17.6 Å². The number of methoxy groups -OCH3 is 1. The van der Waals surface area contributed by atoms with Crippen LogP contribution in [-0.2, 0) is 23.8 Å². The van der Waals surface area contributed by atoms with Crippen molar-refractivity contribution in [2.24, 2.45) is 0 Å². The number of carbonyl (C=O) groups is 2. The molecule has 2 aromatic rings. The zero-order valence-electron chi connectivity index (χ0n) is 21.9.